The third kappa shape index (κ3) is 1.53. The Morgan fingerprint density at radius 1 is 1.50 bits per heavy atom. The molecule has 2 aromatic rings. The third-order valence-corrected chi connectivity index (χ3v) is 2.56. The molecule has 84 valence electrons. The molecule has 0 spiro atoms. The molecule has 0 bridgehead atoms. The molecule has 1 N–H and O–H groups in total. The van der Waals surface area contributed by atoms with Gasteiger partial charge in [0.15, 0.2) is 0 Å². The van der Waals surface area contributed by atoms with Crippen molar-refractivity contribution in [3.05, 3.63) is 23.2 Å². The lowest BCUT2D eigenvalue weighted by Gasteiger charge is -2.10. The summed E-state index contributed by atoms with van der Waals surface area (Å²) in [5.41, 5.74) is 1.13. The quantitative estimate of drug-likeness (QED) is 0.874. The molecule has 0 fully saturated rings. The van der Waals surface area contributed by atoms with Crippen molar-refractivity contribution >= 4 is 28.6 Å². The van der Waals surface area contributed by atoms with Gasteiger partial charge in [0.05, 0.1) is 11.7 Å². The molecule has 16 heavy (non-hydrogen) atoms. The molecule has 0 radical (unpaired) electrons. The van der Waals surface area contributed by atoms with Crippen LogP contribution in [-0.4, -0.2) is 25.6 Å². The fraction of sp³-hybridized carbons (Fsp3) is 0.300. The summed E-state index contributed by atoms with van der Waals surface area (Å²) in [6.07, 6.45) is 2.81. The number of fused-ring (bicyclic) bond motifs is 1. The minimum atomic E-state index is -1.03. The van der Waals surface area contributed by atoms with E-state index in [1.54, 1.807) is 4.57 Å². The number of carbonyl (C=O) groups is 1. The monoisotopic (exact) mass is 239 g/mol. The van der Waals surface area contributed by atoms with Gasteiger partial charge in [-0.25, -0.2) is 9.78 Å². The van der Waals surface area contributed by atoms with Crippen molar-refractivity contribution in [2.24, 2.45) is 0 Å². The first-order valence-electron chi connectivity index (χ1n) is 4.77. The van der Waals surface area contributed by atoms with Crippen LogP contribution in [0.3, 0.4) is 0 Å². The summed E-state index contributed by atoms with van der Waals surface area (Å²) >= 11 is 5.97. The van der Waals surface area contributed by atoms with E-state index < -0.39 is 5.97 Å². The Morgan fingerprint density at radius 3 is 2.75 bits per heavy atom. The highest BCUT2D eigenvalue weighted by molar-refractivity contribution is 6.29. The van der Waals surface area contributed by atoms with Gasteiger partial charge in [0.25, 0.3) is 0 Å². The van der Waals surface area contributed by atoms with Crippen molar-refractivity contribution in [3.63, 3.8) is 0 Å². The molecule has 2 aromatic heterocycles. The second kappa shape index (κ2) is 3.75. The second-order valence-corrected chi connectivity index (χ2v) is 4.04. The number of rotatable bonds is 2. The van der Waals surface area contributed by atoms with Crippen molar-refractivity contribution in [2.75, 3.05) is 0 Å². The third-order valence-electron chi connectivity index (χ3n) is 2.30. The molecule has 0 aliphatic rings. The average molecular weight is 240 g/mol. The number of aromatic carboxylic acids is 1. The lowest BCUT2D eigenvalue weighted by atomic mass is 10.2. The average Bonchev–Trinajstić information content (AvgIpc) is 2.52. The van der Waals surface area contributed by atoms with Gasteiger partial charge in [-0.3, -0.25) is 4.98 Å². The van der Waals surface area contributed by atoms with Crippen LogP contribution in [0.15, 0.2) is 12.4 Å². The highest BCUT2D eigenvalue weighted by Gasteiger charge is 2.18. The number of pyridine rings is 1. The lowest BCUT2D eigenvalue weighted by Crippen LogP contribution is -2.06. The Labute approximate surface area is 96.7 Å². The fourth-order valence-electron chi connectivity index (χ4n) is 1.65. The maximum atomic E-state index is 11.1. The molecule has 5 nitrogen and oxygen atoms in total. The van der Waals surface area contributed by atoms with E-state index in [-0.39, 0.29) is 16.9 Å². The molecule has 0 aliphatic carbocycles. The number of aromatic nitrogens is 3. The van der Waals surface area contributed by atoms with E-state index in [1.165, 1.54) is 12.4 Å². The number of carboxylic acid groups (broad SMARTS) is 1. The van der Waals surface area contributed by atoms with Crippen molar-refractivity contribution in [3.8, 4) is 0 Å². The SMILES string of the molecule is CC(C)n1c(Cl)nc2cncc(C(=O)O)c21. The summed E-state index contributed by atoms with van der Waals surface area (Å²) in [5.74, 6) is -1.03. The molecule has 6 heteroatoms. The van der Waals surface area contributed by atoms with Crippen LogP contribution < -0.4 is 0 Å². The lowest BCUT2D eigenvalue weighted by molar-refractivity contribution is 0.0698. The van der Waals surface area contributed by atoms with E-state index in [2.05, 4.69) is 9.97 Å². The van der Waals surface area contributed by atoms with Crippen LogP contribution >= 0.6 is 11.6 Å². The zero-order chi connectivity index (χ0) is 11.9. The van der Waals surface area contributed by atoms with Gasteiger partial charge in [0.2, 0.25) is 5.28 Å². The van der Waals surface area contributed by atoms with Gasteiger partial charge < -0.3 is 9.67 Å². The smallest absolute Gasteiger partial charge is 0.339 e. The summed E-state index contributed by atoms with van der Waals surface area (Å²) in [4.78, 5) is 19.0. The number of nitrogens with zero attached hydrogens (tertiary/aromatic N) is 3. The van der Waals surface area contributed by atoms with Crippen LogP contribution in [0.1, 0.15) is 30.2 Å². The minimum Gasteiger partial charge on any atom is -0.478 e. The topological polar surface area (TPSA) is 68.0 Å². The maximum Gasteiger partial charge on any atom is 0.339 e. The summed E-state index contributed by atoms with van der Waals surface area (Å²) in [6, 6.07) is 0.0398. The van der Waals surface area contributed by atoms with Crippen LogP contribution in [0.25, 0.3) is 11.0 Å². The Hall–Kier alpha value is -1.62. The number of hydrogen-bond acceptors (Lipinski definition) is 3. The van der Waals surface area contributed by atoms with Crippen LogP contribution in [0.4, 0.5) is 0 Å². The Bertz CT molecular complexity index is 562. The number of hydrogen-bond donors (Lipinski definition) is 1. The predicted molar refractivity (Wildman–Crippen MR) is 59.9 cm³/mol. The highest BCUT2D eigenvalue weighted by Crippen LogP contribution is 2.26. The first-order valence-corrected chi connectivity index (χ1v) is 5.15. The van der Waals surface area contributed by atoms with E-state index in [4.69, 9.17) is 16.7 Å². The van der Waals surface area contributed by atoms with Crippen LogP contribution in [0.5, 0.6) is 0 Å². The second-order valence-electron chi connectivity index (χ2n) is 3.70. The summed E-state index contributed by atoms with van der Waals surface area (Å²) in [7, 11) is 0. The predicted octanol–water partition coefficient (Wildman–Crippen LogP) is 2.36. The first kappa shape index (κ1) is 10.9. The van der Waals surface area contributed by atoms with Crippen LogP contribution in [0.2, 0.25) is 5.28 Å². The van der Waals surface area contributed by atoms with E-state index in [0.29, 0.717) is 11.0 Å². The molecule has 2 heterocycles. The van der Waals surface area contributed by atoms with E-state index in [0.717, 1.165) is 0 Å². The van der Waals surface area contributed by atoms with Crippen molar-refractivity contribution in [1.29, 1.82) is 0 Å². The standard InChI is InChI=1S/C10H10ClN3O2/c1-5(2)14-8-6(9(15)16)3-12-4-7(8)13-10(14)11/h3-5H,1-2H3,(H,15,16). The number of imidazole rings is 1. The largest absolute Gasteiger partial charge is 0.478 e. The van der Waals surface area contributed by atoms with Gasteiger partial charge >= 0.3 is 5.97 Å². The van der Waals surface area contributed by atoms with E-state index in [9.17, 15) is 4.79 Å². The van der Waals surface area contributed by atoms with Crippen molar-refractivity contribution < 1.29 is 9.90 Å². The van der Waals surface area contributed by atoms with Gasteiger partial charge in [-0.1, -0.05) is 0 Å². The summed E-state index contributed by atoms with van der Waals surface area (Å²) in [5, 5.41) is 9.35. The Morgan fingerprint density at radius 2 is 2.19 bits per heavy atom. The van der Waals surface area contributed by atoms with E-state index >= 15 is 0 Å². The number of halogens is 1. The molecular weight excluding hydrogens is 230 g/mol. The van der Waals surface area contributed by atoms with Crippen LogP contribution in [-0.2, 0) is 0 Å². The normalized spacial score (nSPS) is 11.2. The minimum absolute atomic E-state index is 0.0398. The number of carboxylic acids is 1. The van der Waals surface area contributed by atoms with Gasteiger partial charge in [-0.05, 0) is 25.4 Å². The molecule has 0 saturated carbocycles. The molecular formula is C10H10ClN3O2. The Kier molecular flexibility index (Phi) is 2.55. The molecule has 0 aliphatic heterocycles. The fourth-order valence-corrected chi connectivity index (χ4v) is 2.02. The Balaban J connectivity index is 2.88. The summed E-state index contributed by atoms with van der Waals surface area (Å²) < 4.78 is 1.68. The molecule has 2 rings (SSSR count). The van der Waals surface area contributed by atoms with Crippen molar-refractivity contribution in [1.82, 2.24) is 14.5 Å². The highest BCUT2D eigenvalue weighted by atomic mass is 35.5. The van der Waals surface area contributed by atoms with Gasteiger partial charge in [0, 0.05) is 12.2 Å². The van der Waals surface area contributed by atoms with Crippen molar-refractivity contribution in [2.45, 2.75) is 19.9 Å². The van der Waals surface area contributed by atoms with Gasteiger partial charge in [0.1, 0.15) is 11.1 Å². The van der Waals surface area contributed by atoms with E-state index in [1.807, 2.05) is 13.8 Å². The molecule has 0 saturated heterocycles. The summed E-state index contributed by atoms with van der Waals surface area (Å²) in [6.45, 7) is 3.83. The molecule has 0 atom stereocenters. The molecule has 0 unspecified atom stereocenters. The van der Waals surface area contributed by atoms with Gasteiger partial charge in [-0.15, -0.1) is 0 Å². The molecule has 0 aromatic carbocycles. The first-order chi connectivity index (χ1) is 7.52. The zero-order valence-corrected chi connectivity index (χ0v) is 9.56. The van der Waals surface area contributed by atoms with Crippen LogP contribution in [0, 0.1) is 0 Å². The molecule has 0 amide bonds. The zero-order valence-electron chi connectivity index (χ0n) is 8.81. The maximum absolute atomic E-state index is 11.1. The van der Waals surface area contributed by atoms with Gasteiger partial charge in [-0.2, -0.15) is 0 Å².